The Kier molecular flexibility index (Phi) is 4.94. The average molecular weight is 372 g/mol. The van der Waals surface area contributed by atoms with Gasteiger partial charge in [0.2, 0.25) is 5.89 Å². The van der Waals surface area contributed by atoms with E-state index in [0.717, 1.165) is 5.56 Å². The van der Waals surface area contributed by atoms with E-state index < -0.39 is 5.91 Å². The number of rotatable bonds is 5. The third-order valence-electron chi connectivity index (χ3n) is 3.47. The third kappa shape index (κ3) is 4.04. The van der Waals surface area contributed by atoms with Gasteiger partial charge < -0.3 is 14.8 Å². The zero-order valence-corrected chi connectivity index (χ0v) is 14.5. The van der Waals surface area contributed by atoms with Gasteiger partial charge in [-0.05, 0) is 30.7 Å². The first-order valence-corrected chi connectivity index (χ1v) is 7.94. The number of amides is 1. The van der Waals surface area contributed by atoms with Crippen molar-refractivity contribution in [3.8, 4) is 0 Å². The molecule has 0 radical (unpaired) electrons. The van der Waals surface area contributed by atoms with Gasteiger partial charge >= 0.3 is 0 Å². The normalized spacial score (nSPS) is 11.2. The minimum Gasteiger partial charge on any atom is -0.364 e. The van der Waals surface area contributed by atoms with Crippen molar-refractivity contribution in [2.24, 2.45) is 5.73 Å². The number of primary amides is 1. The molecule has 0 saturated heterocycles. The summed E-state index contributed by atoms with van der Waals surface area (Å²) >= 11 is 5.84. The van der Waals surface area contributed by atoms with Crippen molar-refractivity contribution in [2.75, 3.05) is 0 Å². The molecule has 0 fully saturated rings. The summed E-state index contributed by atoms with van der Waals surface area (Å²) in [4.78, 5) is 31.5. The molecule has 0 aliphatic heterocycles. The molecule has 3 aromatic rings. The highest BCUT2D eigenvalue weighted by molar-refractivity contribution is 6.30. The molecular formula is C17H14ClN5O3. The van der Waals surface area contributed by atoms with Crippen molar-refractivity contribution < 1.29 is 9.32 Å². The molecule has 9 heteroatoms. The topological polar surface area (TPSA) is 117 Å². The number of halogens is 1. The summed E-state index contributed by atoms with van der Waals surface area (Å²) in [5.74, 6) is -0.160. The van der Waals surface area contributed by atoms with E-state index >= 15 is 0 Å². The number of hydrogen-bond acceptors (Lipinski definition) is 6. The van der Waals surface area contributed by atoms with Gasteiger partial charge in [-0.1, -0.05) is 35.0 Å². The third-order valence-corrected chi connectivity index (χ3v) is 3.73. The Morgan fingerprint density at radius 3 is 2.69 bits per heavy atom. The Morgan fingerprint density at radius 1 is 1.27 bits per heavy atom. The van der Waals surface area contributed by atoms with Gasteiger partial charge in [0, 0.05) is 11.2 Å². The molecule has 0 aliphatic carbocycles. The van der Waals surface area contributed by atoms with Gasteiger partial charge in [-0.3, -0.25) is 9.59 Å². The number of nitrogens with zero attached hydrogens (tertiary/aromatic N) is 4. The van der Waals surface area contributed by atoms with Gasteiger partial charge in [-0.15, -0.1) is 0 Å². The molecule has 0 unspecified atom stereocenters. The molecule has 132 valence electrons. The predicted octanol–water partition coefficient (Wildman–Crippen LogP) is 1.91. The number of aromatic nitrogens is 4. The first kappa shape index (κ1) is 17.6. The summed E-state index contributed by atoms with van der Waals surface area (Å²) in [6, 6.07) is 7.25. The smallest absolute Gasteiger partial charge is 0.272 e. The van der Waals surface area contributed by atoms with Crippen molar-refractivity contribution in [1.29, 1.82) is 0 Å². The van der Waals surface area contributed by atoms with Crippen LogP contribution in [0.15, 0.2) is 39.8 Å². The summed E-state index contributed by atoms with van der Waals surface area (Å²) in [6.07, 6.45) is 4.75. The van der Waals surface area contributed by atoms with Crippen LogP contribution >= 0.6 is 11.6 Å². The van der Waals surface area contributed by atoms with E-state index in [1.54, 1.807) is 24.3 Å². The molecule has 0 atom stereocenters. The van der Waals surface area contributed by atoms with Crippen molar-refractivity contribution in [1.82, 2.24) is 19.7 Å². The predicted molar refractivity (Wildman–Crippen MR) is 95.5 cm³/mol. The molecule has 0 aliphatic rings. The molecule has 8 nitrogen and oxygen atoms in total. The van der Waals surface area contributed by atoms with Crippen molar-refractivity contribution in [3.05, 3.63) is 74.5 Å². The summed E-state index contributed by atoms with van der Waals surface area (Å²) in [5.41, 5.74) is 5.92. The maximum Gasteiger partial charge on any atom is 0.272 e. The van der Waals surface area contributed by atoms with E-state index in [9.17, 15) is 9.59 Å². The van der Waals surface area contributed by atoms with Gasteiger partial charge in [-0.25, -0.2) is 4.98 Å². The molecule has 2 heterocycles. The van der Waals surface area contributed by atoms with Crippen molar-refractivity contribution in [3.63, 3.8) is 0 Å². The lowest BCUT2D eigenvalue weighted by Crippen LogP contribution is -2.27. The second-order valence-corrected chi connectivity index (χ2v) is 5.88. The van der Waals surface area contributed by atoms with Crippen LogP contribution in [0.4, 0.5) is 0 Å². The highest BCUT2D eigenvalue weighted by Crippen LogP contribution is 2.12. The van der Waals surface area contributed by atoms with Crippen LogP contribution in [-0.2, 0) is 6.54 Å². The Balaban J connectivity index is 1.79. The second kappa shape index (κ2) is 7.32. The first-order valence-electron chi connectivity index (χ1n) is 7.56. The zero-order chi connectivity index (χ0) is 18.7. The monoisotopic (exact) mass is 371 g/mol. The fourth-order valence-corrected chi connectivity index (χ4v) is 2.32. The quantitative estimate of drug-likeness (QED) is 0.732. The van der Waals surface area contributed by atoms with Crippen LogP contribution in [0.2, 0.25) is 5.02 Å². The van der Waals surface area contributed by atoms with Crippen molar-refractivity contribution >= 4 is 29.7 Å². The molecule has 0 spiro atoms. The van der Waals surface area contributed by atoms with E-state index in [-0.39, 0.29) is 29.4 Å². The first-order chi connectivity index (χ1) is 12.4. The van der Waals surface area contributed by atoms with Gasteiger partial charge in [0.05, 0.1) is 0 Å². The summed E-state index contributed by atoms with van der Waals surface area (Å²) < 4.78 is 6.39. The van der Waals surface area contributed by atoms with Crippen molar-refractivity contribution in [2.45, 2.75) is 13.5 Å². The fourth-order valence-electron chi connectivity index (χ4n) is 2.20. The lowest BCUT2D eigenvalue weighted by atomic mass is 10.2. The molecule has 26 heavy (non-hydrogen) atoms. The Hall–Kier alpha value is -3.26. The Morgan fingerprint density at radius 2 is 2.00 bits per heavy atom. The van der Waals surface area contributed by atoms with Crippen LogP contribution < -0.4 is 11.3 Å². The van der Waals surface area contributed by atoms with Crippen LogP contribution in [-0.4, -0.2) is 25.6 Å². The maximum absolute atomic E-state index is 12.1. The highest BCUT2D eigenvalue weighted by atomic mass is 35.5. The van der Waals surface area contributed by atoms with Crippen LogP contribution in [0.5, 0.6) is 0 Å². The average Bonchev–Trinajstić information content (AvgIpc) is 3.05. The number of carbonyl (C=O) groups is 1. The summed E-state index contributed by atoms with van der Waals surface area (Å²) in [5, 5.41) is 4.48. The number of aryl methyl sites for hydroxylation is 1. The molecule has 2 aromatic heterocycles. The van der Waals surface area contributed by atoms with E-state index in [0.29, 0.717) is 10.8 Å². The highest BCUT2D eigenvalue weighted by Gasteiger charge is 2.12. The van der Waals surface area contributed by atoms with Crippen LogP contribution in [0.25, 0.3) is 12.2 Å². The number of hydrogen-bond donors (Lipinski definition) is 1. The SMILES string of the molecule is Cc1nc(C(N)=O)cn(Cc2nc(/C=C/c3ccc(Cl)cc3)no2)c1=O. The molecule has 3 rings (SSSR count). The molecule has 1 aromatic carbocycles. The van der Waals surface area contributed by atoms with Gasteiger partial charge in [-0.2, -0.15) is 4.98 Å². The molecule has 0 bridgehead atoms. The fraction of sp³-hybridized carbons (Fsp3) is 0.118. The van der Waals surface area contributed by atoms with Gasteiger partial charge in [0.15, 0.2) is 5.82 Å². The minimum absolute atomic E-state index is 0.00422. The van der Waals surface area contributed by atoms with Crippen LogP contribution in [0, 0.1) is 6.92 Å². The Labute approximate surface area is 152 Å². The lowest BCUT2D eigenvalue weighted by Gasteiger charge is -2.05. The number of benzene rings is 1. The van der Waals surface area contributed by atoms with Crippen LogP contribution in [0.3, 0.4) is 0 Å². The van der Waals surface area contributed by atoms with Gasteiger partial charge in [0.1, 0.15) is 17.9 Å². The molecule has 1 amide bonds. The maximum atomic E-state index is 12.1. The minimum atomic E-state index is -0.723. The number of carbonyl (C=O) groups excluding carboxylic acids is 1. The number of nitrogens with two attached hydrogens (primary N) is 1. The van der Waals surface area contributed by atoms with E-state index in [1.807, 2.05) is 12.1 Å². The lowest BCUT2D eigenvalue weighted by molar-refractivity contribution is 0.0994. The standard InChI is InChI=1S/C17H14ClN5O3/c1-10-17(25)23(8-13(20-10)16(19)24)9-15-21-14(22-26-15)7-4-11-2-5-12(18)6-3-11/h2-8H,9H2,1H3,(H2,19,24)/b7-4+. The van der Waals surface area contributed by atoms with E-state index in [4.69, 9.17) is 21.9 Å². The molecular weight excluding hydrogens is 358 g/mol. The van der Waals surface area contributed by atoms with Crippen LogP contribution in [0.1, 0.15) is 33.5 Å². The zero-order valence-electron chi connectivity index (χ0n) is 13.7. The van der Waals surface area contributed by atoms with Gasteiger partial charge in [0.25, 0.3) is 11.5 Å². The van der Waals surface area contributed by atoms with E-state index in [1.165, 1.54) is 17.7 Å². The summed E-state index contributed by atoms with van der Waals surface area (Å²) in [6.45, 7) is 1.50. The molecule has 2 N–H and O–H groups in total. The largest absolute Gasteiger partial charge is 0.364 e. The molecule has 0 saturated carbocycles. The summed E-state index contributed by atoms with van der Waals surface area (Å²) in [7, 11) is 0. The second-order valence-electron chi connectivity index (χ2n) is 5.44. The Bertz CT molecular complexity index is 1040. The van der Waals surface area contributed by atoms with E-state index in [2.05, 4.69) is 15.1 Å².